The first kappa shape index (κ1) is 12.4. The maximum absolute atomic E-state index is 12.0. The minimum atomic E-state index is -0.105. The Kier molecular flexibility index (Phi) is 3.50. The molecule has 0 saturated carbocycles. The van der Waals surface area contributed by atoms with Gasteiger partial charge < -0.3 is 13.8 Å². The summed E-state index contributed by atoms with van der Waals surface area (Å²) in [5, 5.41) is 3.96. The zero-order valence-corrected chi connectivity index (χ0v) is 10.7. The molecule has 0 aliphatic carbocycles. The van der Waals surface area contributed by atoms with Gasteiger partial charge in [0.25, 0.3) is 5.91 Å². The van der Waals surface area contributed by atoms with E-state index in [0.717, 1.165) is 5.69 Å². The molecular weight excluding hydrogens is 232 g/mol. The fourth-order valence-electron chi connectivity index (χ4n) is 1.59. The molecule has 0 aliphatic rings. The maximum atomic E-state index is 12.0. The van der Waals surface area contributed by atoms with Gasteiger partial charge in [0, 0.05) is 13.1 Å². The SMILES string of the molecule is CC(C)c1cc(CN(C)C(=O)c2ccoc2)on1. The lowest BCUT2D eigenvalue weighted by molar-refractivity contribution is 0.0771. The van der Waals surface area contributed by atoms with Crippen LogP contribution in [0.3, 0.4) is 0 Å². The second kappa shape index (κ2) is 5.08. The number of hydrogen-bond donors (Lipinski definition) is 0. The van der Waals surface area contributed by atoms with Crippen LogP contribution in [-0.2, 0) is 6.54 Å². The highest BCUT2D eigenvalue weighted by Crippen LogP contribution is 2.15. The summed E-state index contributed by atoms with van der Waals surface area (Å²) in [7, 11) is 1.72. The molecule has 0 spiro atoms. The van der Waals surface area contributed by atoms with Crippen LogP contribution in [0.5, 0.6) is 0 Å². The normalized spacial score (nSPS) is 10.9. The third-order valence-corrected chi connectivity index (χ3v) is 2.68. The number of hydrogen-bond acceptors (Lipinski definition) is 4. The highest BCUT2D eigenvalue weighted by molar-refractivity contribution is 5.93. The number of amides is 1. The van der Waals surface area contributed by atoms with Crippen LogP contribution in [0.2, 0.25) is 0 Å². The van der Waals surface area contributed by atoms with Crippen molar-refractivity contribution in [2.45, 2.75) is 26.3 Å². The molecule has 5 nitrogen and oxygen atoms in total. The van der Waals surface area contributed by atoms with Gasteiger partial charge in [-0.15, -0.1) is 0 Å². The van der Waals surface area contributed by atoms with E-state index in [0.29, 0.717) is 23.8 Å². The van der Waals surface area contributed by atoms with Gasteiger partial charge in [-0.05, 0) is 12.0 Å². The summed E-state index contributed by atoms with van der Waals surface area (Å²) in [5.41, 5.74) is 1.43. The smallest absolute Gasteiger partial charge is 0.257 e. The molecule has 2 heterocycles. The Labute approximate surface area is 105 Å². The average molecular weight is 248 g/mol. The van der Waals surface area contributed by atoms with Crippen molar-refractivity contribution in [3.05, 3.63) is 41.7 Å². The monoisotopic (exact) mass is 248 g/mol. The first-order valence-corrected chi connectivity index (χ1v) is 5.81. The lowest BCUT2D eigenvalue weighted by Crippen LogP contribution is -2.25. The van der Waals surface area contributed by atoms with Crippen molar-refractivity contribution in [3.8, 4) is 0 Å². The van der Waals surface area contributed by atoms with Crippen LogP contribution in [0.15, 0.2) is 33.6 Å². The van der Waals surface area contributed by atoms with Crippen molar-refractivity contribution in [1.82, 2.24) is 10.1 Å². The van der Waals surface area contributed by atoms with Crippen LogP contribution in [0.1, 0.15) is 41.6 Å². The third-order valence-electron chi connectivity index (χ3n) is 2.68. The van der Waals surface area contributed by atoms with Gasteiger partial charge in [-0.1, -0.05) is 19.0 Å². The predicted octanol–water partition coefficient (Wildman–Crippen LogP) is 2.66. The van der Waals surface area contributed by atoms with E-state index in [1.165, 1.54) is 12.5 Å². The van der Waals surface area contributed by atoms with Gasteiger partial charge in [0.15, 0.2) is 5.76 Å². The minimum absolute atomic E-state index is 0.105. The number of carbonyl (C=O) groups is 1. The Hall–Kier alpha value is -2.04. The number of aromatic nitrogens is 1. The summed E-state index contributed by atoms with van der Waals surface area (Å²) < 4.78 is 10.1. The molecule has 0 saturated heterocycles. The number of carbonyl (C=O) groups excluding carboxylic acids is 1. The summed E-state index contributed by atoms with van der Waals surface area (Å²) in [6.07, 6.45) is 2.91. The lowest BCUT2D eigenvalue weighted by Gasteiger charge is -2.13. The highest BCUT2D eigenvalue weighted by Gasteiger charge is 2.16. The largest absolute Gasteiger partial charge is 0.472 e. The topological polar surface area (TPSA) is 59.5 Å². The van der Waals surface area contributed by atoms with Gasteiger partial charge in [-0.25, -0.2) is 0 Å². The molecule has 0 unspecified atom stereocenters. The second-order valence-corrected chi connectivity index (χ2v) is 4.55. The Balaban J connectivity index is 2.02. The molecule has 1 amide bonds. The van der Waals surface area contributed by atoms with E-state index in [4.69, 9.17) is 8.94 Å². The van der Waals surface area contributed by atoms with E-state index >= 15 is 0 Å². The zero-order valence-electron chi connectivity index (χ0n) is 10.7. The number of rotatable bonds is 4. The van der Waals surface area contributed by atoms with E-state index < -0.39 is 0 Å². The summed E-state index contributed by atoms with van der Waals surface area (Å²) in [5.74, 6) is 0.890. The van der Waals surface area contributed by atoms with E-state index in [9.17, 15) is 4.79 Å². The Bertz CT molecular complexity index is 514. The third kappa shape index (κ3) is 2.61. The summed E-state index contributed by atoms with van der Waals surface area (Å²) in [4.78, 5) is 13.5. The Morgan fingerprint density at radius 3 is 2.83 bits per heavy atom. The van der Waals surface area contributed by atoms with Crippen LogP contribution < -0.4 is 0 Å². The van der Waals surface area contributed by atoms with Crippen LogP contribution in [0.4, 0.5) is 0 Å². The molecule has 96 valence electrons. The van der Waals surface area contributed by atoms with Crippen molar-refractivity contribution < 1.29 is 13.7 Å². The van der Waals surface area contributed by atoms with Crippen molar-refractivity contribution in [3.63, 3.8) is 0 Å². The quantitative estimate of drug-likeness (QED) is 0.834. The average Bonchev–Trinajstić information content (AvgIpc) is 2.98. The molecule has 0 bridgehead atoms. The Morgan fingerprint density at radius 2 is 2.28 bits per heavy atom. The van der Waals surface area contributed by atoms with Crippen LogP contribution >= 0.6 is 0 Å². The number of furan rings is 1. The molecule has 2 aromatic rings. The molecule has 5 heteroatoms. The fourth-order valence-corrected chi connectivity index (χ4v) is 1.59. The molecule has 0 radical (unpaired) electrons. The van der Waals surface area contributed by atoms with E-state index in [-0.39, 0.29) is 5.91 Å². The number of nitrogens with zero attached hydrogens (tertiary/aromatic N) is 2. The second-order valence-electron chi connectivity index (χ2n) is 4.55. The first-order valence-electron chi connectivity index (χ1n) is 5.81. The van der Waals surface area contributed by atoms with Crippen molar-refractivity contribution >= 4 is 5.91 Å². The molecule has 2 aromatic heterocycles. The molecule has 0 N–H and O–H groups in total. The van der Waals surface area contributed by atoms with Gasteiger partial charge in [0.1, 0.15) is 6.26 Å². The molecule has 2 rings (SSSR count). The predicted molar refractivity (Wildman–Crippen MR) is 65.1 cm³/mol. The van der Waals surface area contributed by atoms with Gasteiger partial charge in [-0.3, -0.25) is 4.79 Å². The molecule has 0 fully saturated rings. The highest BCUT2D eigenvalue weighted by atomic mass is 16.5. The maximum Gasteiger partial charge on any atom is 0.257 e. The van der Waals surface area contributed by atoms with Gasteiger partial charge in [-0.2, -0.15) is 0 Å². The van der Waals surface area contributed by atoms with Gasteiger partial charge >= 0.3 is 0 Å². The molecule has 0 aromatic carbocycles. The first-order chi connectivity index (χ1) is 8.58. The van der Waals surface area contributed by atoms with E-state index in [2.05, 4.69) is 5.16 Å². The lowest BCUT2D eigenvalue weighted by atomic mass is 10.1. The van der Waals surface area contributed by atoms with Crippen LogP contribution in [-0.4, -0.2) is 23.0 Å². The van der Waals surface area contributed by atoms with Crippen LogP contribution in [0.25, 0.3) is 0 Å². The summed E-state index contributed by atoms with van der Waals surface area (Å²) in [6, 6.07) is 3.52. The molecular formula is C13H16N2O3. The standard InChI is InChI=1S/C13H16N2O3/c1-9(2)12-6-11(18-14-12)7-15(3)13(16)10-4-5-17-8-10/h4-6,8-9H,7H2,1-3H3. The Morgan fingerprint density at radius 1 is 1.50 bits per heavy atom. The summed E-state index contributed by atoms with van der Waals surface area (Å²) >= 11 is 0. The van der Waals surface area contributed by atoms with Gasteiger partial charge in [0.05, 0.1) is 24.1 Å². The van der Waals surface area contributed by atoms with Gasteiger partial charge in [0.2, 0.25) is 0 Å². The van der Waals surface area contributed by atoms with E-state index in [1.807, 2.05) is 19.9 Å². The van der Waals surface area contributed by atoms with E-state index in [1.54, 1.807) is 18.0 Å². The van der Waals surface area contributed by atoms with Crippen molar-refractivity contribution in [2.24, 2.45) is 0 Å². The summed E-state index contributed by atoms with van der Waals surface area (Å²) in [6.45, 7) is 4.48. The fraction of sp³-hybridized carbons (Fsp3) is 0.385. The molecule has 0 aliphatic heterocycles. The zero-order chi connectivity index (χ0) is 13.1. The van der Waals surface area contributed by atoms with Crippen LogP contribution in [0, 0.1) is 0 Å². The van der Waals surface area contributed by atoms with Crippen molar-refractivity contribution in [1.29, 1.82) is 0 Å². The van der Waals surface area contributed by atoms with Crippen molar-refractivity contribution in [2.75, 3.05) is 7.05 Å². The molecule has 0 atom stereocenters. The molecule has 18 heavy (non-hydrogen) atoms. The minimum Gasteiger partial charge on any atom is -0.472 e.